The van der Waals surface area contributed by atoms with Gasteiger partial charge in [-0.1, -0.05) is 19.4 Å². The molecular formula is C16H19NOS. The molecule has 0 aliphatic heterocycles. The highest BCUT2D eigenvalue weighted by molar-refractivity contribution is 7.98. The van der Waals surface area contributed by atoms with Crippen molar-refractivity contribution >= 4 is 11.8 Å². The summed E-state index contributed by atoms with van der Waals surface area (Å²) in [6.07, 6.45) is 6.19. The summed E-state index contributed by atoms with van der Waals surface area (Å²) >= 11 is 1.74. The Bertz CT molecular complexity index is 631. The minimum atomic E-state index is 0.0295. The van der Waals surface area contributed by atoms with Crippen LogP contribution in [0.5, 0.6) is 0 Å². The second kappa shape index (κ2) is 6.11. The molecule has 0 aliphatic rings. The largest absolute Gasteiger partial charge is 0.318 e. The van der Waals surface area contributed by atoms with Gasteiger partial charge in [0.2, 0.25) is 5.56 Å². The van der Waals surface area contributed by atoms with Crippen LogP contribution >= 0.6 is 11.8 Å². The maximum Gasteiger partial charge on any atom is 0.250 e. The van der Waals surface area contributed by atoms with Crippen molar-refractivity contribution < 1.29 is 0 Å². The van der Waals surface area contributed by atoms with Crippen LogP contribution in [0.1, 0.15) is 18.9 Å². The number of hydrogen-bond acceptors (Lipinski definition) is 2. The van der Waals surface area contributed by atoms with Crippen LogP contribution in [0.4, 0.5) is 0 Å². The Labute approximate surface area is 118 Å². The number of pyridine rings is 1. The van der Waals surface area contributed by atoms with Gasteiger partial charge in [0.1, 0.15) is 0 Å². The van der Waals surface area contributed by atoms with E-state index in [0.717, 1.165) is 18.4 Å². The molecule has 0 saturated carbocycles. The molecule has 19 heavy (non-hydrogen) atoms. The molecule has 0 atom stereocenters. The molecule has 3 heteroatoms. The van der Waals surface area contributed by atoms with E-state index in [2.05, 4.69) is 31.4 Å². The summed E-state index contributed by atoms with van der Waals surface area (Å²) in [5, 5.41) is 0. The van der Waals surface area contributed by atoms with Crippen molar-refractivity contribution in [1.82, 2.24) is 4.57 Å². The van der Waals surface area contributed by atoms with Gasteiger partial charge < -0.3 is 4.57 Å². The fourth-order valence-electron chi connectivity index (χ4n) is 2.19. The number of nitrogens with zero attached hydrogens (tertiary/aromatic N) is 1. The topological polar surface area (TPSA) is 22.0 Å². The molecule has 2 nitrogen and oxygen atoms in total. The molecule has 1 aromatic heterocycles. The number of rotatable bonds is 4. The summed E-state index contributed by atoms with van der Waals surface area (Å²) in [4.78, 5) is 12.7. The van der Waals surface area contributed by atoms with Crippen molar-refractivity contribution in [3.05, 3.63) is 52.4 Å². The smallest absolute Gasteiger partial charge is 0.250 e. The van der Waals surface area contributed by atoms with Crippen molar-refractivity contribution in [2.75, 3.05) is 6.26 Å². The molecule has 0 saturated heterocycles. The Morgan fingerprint density at radius 1 is 1.21 bits per heavy atom. The first-order chi connectivity index (χ1) is 9.15. The molecule has 0 aliphatic carbocycles. The first-order valence-corrected chi connectivity index (χ1v) is 7.72. The highest BCUT2D eigenvalue weighted by atomic mass is 32.2. The van der Waals surface area contributed by atoms with E-state index in [1.165, 1.54) is 16.0 Å². The highest BCUT2D eigenvalue weighted by Crippen LogP contribution is 2.28. The zero-order valence-corrected chi connectivity index (χ0v) is 12.5. The van der Waals surface area contributed by atoms with Gasteiger partial charge in [0.25, 0.3) is 0 Å². The fraction of sp³-hybridized carbons (Fsp3) is 0.312. The first-order valence-electron chi connectivity index (χ1n) is 6.49. The van der Waals surface area contributed by atoms with Crippen LogP contribution in [-0.2, 0) is 13.5 Å². The van der Waals surface area contributed by atoms with Crippen LogP contribution in [0, 0.1) is 0 Å². The van der Waals surface area contributed by atoms with E-state index < -0.39 is 0 Å². The van der Waals surface area contributed by atoms with Crippen molar-refractivity contribution in [3.8, 4) is 11.1 Å². The minimum Gasteiger partial charge on any atom is -0.318 e. The second-order valence-electron chi connectivity index (χ2n) is 4.64. The van der Waals surface area contributed by atoms with Gasteiger partial charge in [-0.15, -0.1) is 11.8 Å². The van der Waals surface area contributed by atoms with E-state index in [9.17, 15) is 4.79 Å². The number of aromatic nitrogens is 1. The highest BCUT2D eigenvalue weighted by Gasteiger charge is 2.07. The number of benzene rings is 1. The van der Waals surface area contributed by atoms with Crippen LogP contribution in [0.3, 0.4) is 0 Å². The molecule has 0 unspecified atom stereocenters. The molecule has 1 heterocycles. The number of aryl methyl sites for hydroxylation is 2. The second-order valence-corrected chi connectivity index (χ2v) is 5.52. The molecule has 0 bridgehead atoms. The van der Waals surface area contributed by atoms with E-state index in [4.69, 9.17) is 0 Å². The van der Waals surface area contributed by atoms with Crippen LogP contribution in [0.2, 0.25) is 0 Å². The third-order valence-corrected chi connectivity index (χ3v) is 3.96. The first kappa shape index (κ1) is 13.9. The van der Waals surface area contributed by atoms with Gasteiger partial charge >= 0.3 is 0 Å². The normalized spacial score (nSPS) is 10.7. The molecule has 2 rings (SSSR count). The summed E-state index contributed by atoms with van der Waals surface area (Å²) < 4.78 is 1.64. The van der Waals surface area contributed by atoms with Crippen LogP contribution in [0.25, 0.3) is 11.1 Å². The number of hydrogen-bond donors (Lipinski definition) is 0. The van der Waals surface area contributed by atoms with Crippen molar-refractivity contribution in [2.24, 2.45) is 7.05 Å². The third-order valence-electron chi connectivity index (χ3n) is 3.23. The maximum atomic E-state index is 11.5. The Balaban J connectivity index is 2.57. The summed E-state index contributed by atoms with van der Waals surface area (Å²) in [5.41, 5.74) is 3.73. The van der Waals surface area contributed by atoms with E-state index in [1.54, 1.807) is 29.4 Å². The summed E-state index contributed by atoms with van der Waals surface area (Å²) in [6, 6.07) is 10.1. The zero-order valence-electron chi connectivity index (χ0n) is 11.6. The predicted molar refractivity (Wildman–Crippen MR) is 82.9 cm³/mol. The number of thioether (sulfide) groups is 1. The fourth-order valence-corrected chi connectivity index (χ4v) is 2.63. The van der Waals surface area contributed by atoms with Gasteiger partial charge in [0.05, 0.1) is 0 Å². The predicted octanol–water partition coefficient (Wildman–Crippen LogP) is 3.73. The molecule has 0 radical (unpaired) electrons. The SMILES string of the molecule is CCCc1ccc(SC)cc1-c1ccc(=O)n(C)c1. The van der Waals surface area contributed by atoms with E-state index in [-0.39, 0.29) is 5.56 Å². The van der Waals surface area contributed by atoms with Gasteiger partial charge in [-0.25, -0.2) is 0 Å². The molecule has 1 aromatic carbocycles. The van der Waals surface area contributed by atoms with Gasteiger partial charge in [0.15, 0.2) is 0 Å². The lowest BCUT2D eigenvalue weighted by molar-refractivity contribution is 0.861. The minimum absolute atomic E-state index is 0.0295. The van der Waals surface area contributed by atoms with Crippen molar-refractivity contribution in [3.63, 3.8) is 0 Å². The molecule has 0 N–H and O–H groups in total. The van der Waals surface area contributed by atoms with Gasteiger partial charge in [0, 0.05) is 24.2 Å². The molecular weight excluding hydrogens is 254 g/mol. The summed E-state index contributed by atoms with van der Waals surface area (Å²) in [6.45, 7) is 2.19. The maximum absolute atomic E-state index is 11.5. The Morgan fingerprint density at radius 2 is 2.00 bits per heavy atom. The van der Waals surface area contributed by atoms with E-state index in [1.807, 2.05) is 12.3 Å². The third kappa shape index (κ3) is 3.10. The van der Waals surface area contributed by atoms with Crippen LogP contribution < -0.4 is 5.56 Å². The van der Waals surface area contributed by atoms with Gasteiger partial charge in [-0.05, 0) is 47.6 Å². The van der Waals surface area contributed by atoms with Gasteiger partial charge in [-0.2, -0.15) is 0 Å². The van der Waals surface area contributed by atoms with E-state index in [0.29, 0.717) is 0 Å². The Kier molecular flexibility index (Phi) is 4.48. The zero-order chi connectivity index (χ0) is 13.8. The van der Waals surface area contributed by atoms with Crippen molar-refractivity contribution in [1.29, 1.82) is 0 Å². The average Bonchev–Trinajstić information content (AvgIpc) is 2.43. The average molecular weight is 273 g/mol. The summed E-state index contributed by atoms with van der Waals surface area (Å²) in [7, 11) is 1.80. The standard InChI is InChI=1S/C16H19NOS/c1-4-5-12-6-8-14(19-3)10-15(12)13-7-9-16(18)17(2)11-13/h6-11H,4-5H2,1-3H3. The molecule has 0 amide bonds. The van der Waals surface area contributed by atoms with Crippen molar-refractivity contribution in [2.45, 2.75) is 24.7 Å². The Hall–Kier alpha value is -1.48. The van der Waals surface area contributed by atoms with Gasteiger partial charge in [-0.3, -0.25) is 4.79 Å². The molecule has 100 valence electrons. The molecule has 0 spiro atoms. The molecule has 0 fully saturated rings. The molecule has 2 aromatic rings. The lowest BCUT2D eigenvalue weighted by atomic mass is 9.98. The Morgan fingerprint density at radius 3 is 2.63 bits per heavy atom. The van der Waals surface area contributed by atoms with Crippen LogP contribution in [0.15, 0.2) is 46.2 Å². The lowest BCUT2D eigenvalue weighted by Crippen LogP contribution is -2.14. The van der Waals surface area contributed by atoms with Crippen LogP contribution in [-0.4, -0.2) is 10.8 Å². The lowest BCUT2D eigenvalue weighted by Gasteiger charge is -2.11. The van der Waals surface area contributed by atoms with E-state index >= 15 is 0 Å². The quantitative estimate of drug-likeness (QED) is 0.792. The summed E-state index contributed by atoms with van der Waals surface area (Å²) in [5.74, 6) is 0. The monoisotopic (exact) mass is 273 g/mol.